The molecule has 1 aliphatic rings. The summed E-state index contributed by atoms with van der Waals surface area (Å²) in [6.07, 6.45) is 1.17. The van der Waals surface area contributed by atoms with Crippen LogP contribution >= 0.6 is 0 Å². The fourth-order valence-electron chi connectivity index (χ4n) is 2.26. The second kappa shape index (κ2) is 4.23. The number of benzene rings is 1. The zero-order valence-electron chi connectivity index (χ0n) is 9.84. The van der Waals surface area contributed by atoms with Crippen molar-refractivity contribution < 1.29 is 4.74 Å². The van der Waals surface area contributed by atoms with Gasteiger partial charge in [0.1, 0.15) is 5.75 Å². The maximum atomic E-state index is 5.36. The second-order valence-electron chi connectivity index (χ2n) is 4.21. The maximum absolute atomic E-state index is 5.36. The third-order valence-corrected chi connectivity index (χ3v) is 3.26. The highest BCUT2D eigenvalue weighted by Crippen LogP contribution is 2.27. The molecule has 1 heterocycles. The molecule has 0 amide bonds. The van der Waals surface area contributed by atoms with Crippen LogP contribution in [0, 0.1) is 6.92 Å². The Morgan fingerprint density at radius 3 is 2.80 bits per heavy atom. The smallest absolute Gasteiger partial charge is 0.122 e. The molecular formula is C13H19NO. The monoisotopic (exact) mass is 205 g/mol. The normalized spacial score (nSPS) is 16.2. The third-order valence-electron chi connectivity index (χ3n) is 3.26. The van der Waals surface area contributed by atoms with Crippen molar-refractivity contribution in [2.45, 2.75) is 26.8 Å². The molecule has 0 fully saturated rings. The van der Waals surface area contributed by atoms with Gasteiger partial charge in [-0.2, -0.15) is 0 Å². The number of rotatable bonds is 2. The van der Waals surface area contributed by atoms with Crippen LogP contribution in [-0.2, 0) is 13.0 Å². The maximum Gasteiger partial charge on any atom is 0.122 e. The first-order valence-corrected chi connectivity index (χ1v) is 5.63. The number of nitrogens with zero attached hydrogens (tertiary/aromatic N) is 1. The molecule has 15 heavy (non-hydrogen) atoms. The lowest BCUT2D eigenvalue weighted by Gasteiger charge is -2.28. The SMILES string of the molecule is CCN1CCc2cc(C)c(OC)cc2C1. The van der Waals surface area contributed by atoms with E-state index < -0.39 is 0 Å². The van der Waals surface area contributed by atoms with Crippen molar-refractivity contribution in [3.05, 3.63) is 28.8 Å². The van der Waals surface area contributed by atoms with Crippen molar-refractivity contribution in [3.63, 3.8) is 0 Å². The van der Waals surface area contributed by atoms with Crippen LogP contribution < -0.4 is 4.74 Å². The van der Waals surface area contributed by atoms with Gasteiger partial charge in [0.25, 0.3) is 0 Å². The van der Waals surface area contributed by atoms with E-state index >= 15 is 0 Å². The lowest BCUT2D eigenvalue weighted by molar-refractivity contribution is 0.267. The van der Waals surface area contributed by atoms with Crippen LogP contribution in [0.4, 0.5) is 0 Å². The Bertz CT molecular complexity index is 360. The summed E-state index contributed by atoms with van der Waals surface area (Å²) >= 11 is 0. The van der Waals surface area contributed by atoms with E-state index in [2.05, 4.69) is 30.9 Å². The van der Waals surface area contributed by atoms with Crippen LogP contribution in [0.2, 0.25) is 0 Å². The van der Waals surface area contributed by atoms with Crippen LogP contribution in [0.1, 0.15) is 23.6 Å². The molecule has 0 N–H and O–H groups in total. The lowest BCUT2D eigenvalue weighted by atomic mass is 9.97. The molecule has 1 aliphatic heterocycles. The van der Waals surface area contributed by atoms with E-state index in [0.717, 1.165) is 18.8 Å². The average Bonchev–Trinajstić information content (AvgIpc) is 2.27. The van der Waals surface area contributed by atoms with Crippen LogP contribution in [0.15, 0.2) is 12.1 Å². The van der Waals surface area contributed by atoms with Crippen molar-refractivity contribution in [1.82, 2.24) is 4.90 Å². The predicted molar refractivity (Wildman–Crippen MR) is 62.4 cm³/mol. The number of hydrogen-bond acceptors (Lipinski definition) is 2. The molecule has 1 aromatic carbocycles. The highest BCUT2D eigenvalue weighted by Gasteiger charge is 2.16. The Morgan fingerprint density at radius 1 is 1.33 bits per heavy atom. The quantitative estimate of drug-likeness (QED) is 0.735. The molecule has 0 aliphatic carbocycles. The van der Waals surface area contributed by atoms with Crippen molar-refractivity contribution in [1.29, 1.82) is 0 Å². The van der Waals surface area contributed by atoms with Gasteiger partial charge in [-0.25, -0.2) is 0 Å². The van der Waals surface area contributed by atoms with Gasteiger partial charge in [0.2, 0.25) is 0 Å². The van der Waals surface area contributed by atoms with E-state index in [1.807, 2.05) is 0 Å². The van der Waals surface area contributed by atoms with Gasteiger partial charge >= 0.3 is 0 Å². The lowest BCUT2D eigenvalue weighted by Crippen LogP contribution is -2.30. The van der Waals surface area contributed by atoms with E-state index in [4.69, 9.17) is 4.74 Å². The molecule has 0 radical (unpaired) electrons. The van der Waals surface area contributed by atoms with E-state index in [9.17, 15) is 0 Å². The molecule has 0 aromatic heterocycles. The van der Waals surface area contributed by atoms with Gasteiger partial charge in [-0.1, -0.05) is 13.0 Å². The molecule has 2 rings (SSSR count). The first-order valence-electron chi connectivity index (χ1n) is 5.63. The zero-order chi connectivity index (χ0) is 10.8. The predicted octanol–water partition coefficient (Wildman–Crippen LogP) is 2.38. The summed E-state index contributed by atoms with van der Waals surface area (Å²) in [5.41, 5.74) is 4.18. The molecule has 82 valence electrons. The van der Waals surface area contributed by atoms with Crippen molar-refractivity contribution >= 4 is 0 Å². The minimum Gasteiger partial charge on any atom is -0.496 e. The Balaban J connectivity index is 2.33. The molecule has 0 saturated carbocycles. The molecule has 0 spiro atoms. The molecule has 0 saturated heterocycles. The summed E-state index contributed by atoms with van der Waals surface area (Å²) in [4.78, 5) is 2.47. The first-order chi connectivity index (χ1) is 7.24. The highest BCUT2D eigenvalue weighted by atomic mass is 16.5. The summed E-state index contributed by atoms with van der Waals surface area (Å²) in [5, 5.41) is 0. The zero-order valence-corrected chi connectivity index (χ0v) is 9.84. The average molecular weight is 205 g/mol. The molecule has 2 heteroatoms. The van der Waals surface area contributed by atoms with Gasteiger partial charge < -0.3 is 4.74 Å². The van der Waals surface area contributed by atoms with Crippen molar-refractivity contribution in [2.75, 3.05) is 20.2 Å². The number of hydrogen-bond donors (Lipinski definition) is 0. The Kier molecular flexibility index (Phi) is 2.96. The number of methoxy groups -OCH3 is 1. The fraction of sp³-hybridized carbons (Fsp3) is 0.538. The third kappa shape index (κ3) is 2.00. The summed E-state index contributed by atoms with van der Waals surface area (Å²) in [7, 11) is 1.75. The Morgan fingerprint density at radius 2 is 2.13 bits per heavy atom. The Labute approximate surface area is 91.9 Å². The number of fused-ring (bicyclic) bond motifs is 1. The molecule has 0 bridgehead atoms. The van der Waals surface area contributed by atoms with E-state index in [1.165, 1.54) is 29.7 Å². The number of likely N-dealkylation sites (N-methyl/N-ethyl adjacent to an activating group) is 1. The van der Waals surface area contributed by atoms with Gasteiger partial charge in [0.05, 0.1) is 7.11 Å². The van der Waals surface area contributed by atoms with Gasteiger partial charge in [0, 0.05) is 13.1 Å². The van der Waals surface area contributed by atoms with Gasteiger partial charge in [-0.15, -0.1) is 0 Å². The van der Waals surface area contributed by atoms with Crippen LogP contribution in [0.5, 0.6) is 5.75 Å². The summed E-state index contributed by atoms with van der Waals surface area (Å²) in [5.74, 6) is 1.02. The minimum atomic E-state index is 1.02. The molecule has 0 unspecified atom stereocenters. The number of ether oxygens (including phenoxy) is 1. The first kappa shape index (κ1) is 10.5. The molecular weight excluding hydrogens is 186 g/mol. The summed E-state index contributed by atoms with van der Waals surface area (Å²) < 4.78 is 5.36. The molecule has 2 nitrogen and oxygen atoms in total. The molecule has 1 aromatic rings. The van der Waals surface area contributed by atoms with E-state index in [0.29, 0.717) is 0 Å². The van der Waals surface area contributed by atoms with Gasteiger partial charge in [-0.05, 0) is 42.6 Å². The van der Waals surface area contributed by atoms with E-state index in [1.54, 1.807) is 7.11 Å². The summed E-state index contributed by atoms with van der Waals surface area (Å²) in [6.45, 7) is 7.73. The molecule has 0 atom stereocenters. The Hall–Kier alpha value is -1.02. The van der Waals surface area contributed by atoms with Crippen LogP contribution in [0.25, 0.3) is 0 Å². The minimum absolute atomic E-state index is 1.02. The second-order valence-corrected chi connectivity index (χ2v) is 4.21. The summed E-state index contributed by atoms with van der Waals surface area (Å²) in [6, 6.07) is 4.48. The van der Waals surface area contributed by atoms with E-state index in [-0.39, 0.29) is 0 Å². The van der Waals surface area contributed by atoms with Crippen LogP contribution in [-0.4, -0.2) is 25.1 Å². The fourth-order valence-corrected chi connectivity index (χ4v) is 2.26. The number of aryl methyl sites for hydroxylation is 1. The topological polar surface area (TPSA) is 12.5 Å². The van der Waals surface area contributed by atoms with Gasteiger partial charge in [-0.3, -0.25) is 4.90 Å². The van der Waals surface area contributed by atoms with Crippen LogP contribution in [0.3, 0.4) is 0 Å². The standard InChI is InChI=1S/C13H19NO/c1-4-14-6-5-11-7-10(2)13(15-3)8-12(11)9-14/h7-8H,4-6,9H2,1-3H3. The van der Waals surface area contributed by atoms with Crippen molar-refractivity contribution in [2.24, 2.45) is 0 Å². The van der Waals surface area contributed by atoms with Gasteiger partial charge in [0.15, 0.2) is 0 Å². The largest absolute Gasteiger partial charge is 0.496 e. The highest BCUT2D eigenvalue weighted by molar-refractivity contribution is 5.43. The van der Waals surface area contributed by atoms with Crippen molar-refractivity contribution in [3.8, 4) is 5.75 Å².